The molecule has 2 unspecified atom stereocenters. The number of pyridine rings is 1. The molecule has 1 aromatic heterocycles. The van der Waals surface area contributed by atoms with Gasteiger partial charge >= 0.3 is 0 Å². The van der Waals surface area contributed by atoms with E-state index >= 15 is 0 Å². The molecule has 0 aliphatic carbocycles. The van der Waals surface area contributed by atoms with E-state index < -0.39 is 5.97 Å². The van der Waals surface area contributed by atoms with Crippen LogP contribution in [0.3, 0.4) is 0 Å². The number of nitrogens with zero attached hydrogens (tertiary/aromatic N) is 2. The second-order valence-corrected chi connectivity index (χ2v) is 13.8. The molecule has 0 N–H and O–H groups in total. The highest BCUT2D eigenvalue weighted by molar-refractivity contribution is 5.64. The average Bonchev–Trinajstić information content (AvgIpc) is 3.42. The van der Waals surface area contributed by atoms with E-state index in [4.69, 9.17) is 0 Å². The van der Waals surface area contributed by atoms with E-state index in [0.717, 1.165) is 19.3 Å². The van der Waals surface area contributed by atoms with E-state index in [-0.39, 0.29) is 6.42 Å². The minimum absolute atomic E-state index is 0.220. The van der Waals surface area contributed by atoms with Gasteiger partial charge in [-0.1, -0.05) is 135 Å². The zero-order valence-electron chi connectivity index (χ0n) is 29.6. The summed E-state index contributed by atoms with van der Waals surface area (Å²) in [7, 11) is 2.47. The van der Waals surface area contributed by atoms with Crippen LogP contribution in [0.1, 0.15) is 192 Å². The molecule has 1 aliphatic heterocycles. The van der Waals surface area contributed by atoms with Gasteiger partial charge in [-0.3, -0.25) is 4.98 Å². The number of allylic oxidation sites excluding steroid dienone is 2. The van der Waals surface area contributed by atoms with Crippen LogP contribution in [0.5, 0.6) is 0 Å². The van der Waals surface area contributed by atoms with Crippen molar-refractivity contribution >= 4 is 5.97 Å². The van der Waals surface area contributed by atoms with Crippen LogP contribution in [0.4, 0.5) is 0 Å². The summed E-state index contributed by atoms with van der Waals surface area (Å²) in [6, 6.07) is 5.05. The van der Waals surface area contributed by atoms with Crippen molar-refractivity contribution in [2.75, 3.05) is 20.1 Å². The fraction of sp³-hybridized carbons (Fsp3) is 0.800. The normalized spacial score (nSPS) is 18.0. The highest BCUT2D eigenvalue weighted by Crippen LogP contribution is 2.37. The van der Waals surface area contributed by atoms with E-state index in [1.165, 1.54) is 164 Å². The smallest absolute Gasteiger partial charge is 0.116 e. The Hall–Kier alpha value is -1.68. The third-order valence-corrected chi connectivity index (χ3v) is 9.63. The Kier molecular flexibility index (Phi) is 26.4. The maximum Gasteiger partial charge on any atom is 0.116 e. The number of rotatable bonds is 27. The zero-order valence-corrected chi connectivity index (χ0v) is 29.6. The van der Waals surface area contributed by atoms with Gasteiger partial charge in [-0.2, -0.15) is 0 Å². The number of carboxylic acids is 1. The molecule has 1 aliphatic rings. The molecule has 4 nitrogen and oxygen atoms in total. The highest BCUT2D eigenvalue weighted by atomic mass is 16.4. The number of carbonyl (C=O) groups is 1. The summed E-state index contributed by atoms with van der Waals surface area (Å²) >= 11 is 0. The van der Waals surface area contributed by atoms with Gasteiger partial charge in [0.25, 0.3) is 0 Å². The van der Waals surface area contributed by atoms with Crippen LogP contribution in [0.15, 0.2) is 36.7 Å². The number of hydrogen-bond donors (Lipinski definition) is 0. The van der Waals surface area contributed by atoms with E-state index in [1.54, 1.807) is 0 Å². The van der Waals surface area contributed by atoms with Gasteiger partial charge in [-0.05, 0) is 57.4 Å². The van der Waals surface area contributed by atoms with Gasteiger partial charge in [-0.25, -0.2) is 0 Å². The lowest BCUT2D eigenvalue weighted by atomic mass is 10.0. The quantitative estimate of drug-likeness (QED) is 0.0564. The van der Waals surface area contributed by atoms with Gasteiger partial charge in [0.1, 0.15) is 6.04 Å². The molecule has 2 rings (SSSR count). The van der Waals surface area contributed by atoms with Crippen LogP contribution >= 0.6 is 0 Å². The summed E-state index contributed by atoms with van der Waals surface area (Å²) in [5.74, 6) is -0.914. The number of aliphatic carboxylic acids is 1. The number of aromatic nitrogens is 1. The Labute approximate surface area is 274 Å². The first-order chi connectivity index (χ1) is 21.5. The van der Waals surface area contributed by atoms with Crippen molar-refractivity contribution < 1.29 is 14.4 Å². The fourth-order valence-corrected chi connectivity index (χ4v) is 6.78. The Morgan fingerprint density at radius 2 is 1.27 bits per heavy atom. The van der Waals surface area contributed by atoms with Crippen LogP contribution in [0.2, 0.25) is 0 Å². The molecule has 4 heteroatoms. The van der Waals surface area contributed by atoms with E-state index in [1.807, 2.05) is 6.20 Å². The summed E-state index contributed by atoms with van der Waals surface area (Å²) in [5, 5.41) is 10.2. The number of likely N-dealkylation sites (tertiary alicyclic amines) is 1. The minimum atomic E-state index is -0.914. The van der Waals surface area contributed by atoms with Crippen LogP contribution in [0, 0.1) is 0 Å². The molecule has 0 amide bonds. The molecule has 44 heavy (non-hydrogen) atoms. The molecular weight excluding hydrogens is 540 g/mol. The molecule has 2 heterocycles. The summed E-state index contributed by atoms with van der Waals surface area (Å²) in [6.07, 6.45) is 41.9. The predicted molar refractivity (Wildman–Crippen MR) is 188 cm³/mol. The zero-order chi connectivity index (χ0) is 32.0. The van der Waals surface area contributed by atoms with Gasteiger partial charge in [-0.15, -0.1) is 0 Å². The average molecular weight is 613 g/mol. The second kappa shape index (κ2) is 28.8. The maximum absolute atomic E-state index is 10.2. The van der Waals surface area contributed by atoms with Gasteiger partial charge in [0.05, 0.1) is 20.1 Å². The Morgan fingerprint density at radius 1 is 0.773 bits per heavy atom. The summed E-state index contributed by atoms with van der Waals surface area (Å²) < 4.78 is 1.24. The molecule has 2 atom stereocenters. The van der Waals surface area contributed by atoms with E-state index in [0.29, 0.717) is 6.04 Å². The van der Waals surface area contributed by atoms with Gasteiger partial charge < -0.3 is 14.4 Å². The Bertz CT molecular complexity index is 796. The molecule has 1 saturated heterocycles. The maximum atomic E-state index is 10.2. The van der Waals surface area contributed by atoms with Crippen LogP contribution < -0.4 is 5.11 Å². The third kappa shape index (κ3) is 21.9. The number of carbonyl (C=O) groups excluding carboxylic acids is 1. The molecule has 0 saturated carbocycles. The molecule has 0 aromatic carbocycles. The SMILES string of the molecule is CCCCCCCC/C=C\CCCCCCCC(=O)[O-].CCCCCCCCCCCC[N+]1(C)CCCC1c1cccnc1. The van der Waals surface area contributed by atoms with Crippen molar-refractivity contribution in [3.63, 3.8) is 0 Å². The van der Waals surface area contributed by atoms with Crippen LogP contribution in [-0.4, -0.2) is 35.6 Å². The van der Waals surface area contributed by atoms with Crippen molar-refractivity contribution in [3.05, 3.63) is 42.2 Å². The lowest BCUT2D eigenvalue weighted by molar-refractivity contribution is -0.927. The number of hydrogen-bond acceptors (Lipinski definition) is 3. The third-order valence-electron chi connectivity index (χ3n) is 9.63. The van der Waals surface area contributed by atoms with Gasteiger partial charge in [0, 0.05) is 36.8 Å². The second-order valence-electron chi connectivity index (χ2n) is 13.8. The molecule has 1 fully saturated rings. The molecular formula is C40H72N2O2. The summed E-state index contributed by atoms with van der Waals surface area (Å²) in [4.78, 5) is 14.6. The molecule has 0 radical (unpaired) electrons. The van der Waals surface area contributed by atoms with Crippen LogP contribution in [0.25, 0.3) is 0 Å². The molecule has 254 valence electrons. The summed E-state index contributed by atoms with van der Waals surface area (Å²) in [5.41, 5.74) is 1.45. The number of quaternary nitrogens is 1. The monoisotopic (exact) mass is 613 g/mol. The largest absolute Gasteiger partial charge is 0.550 e. The Morgan fingerprint density at radius 3 is 1.77 bits per heavy atom. The highest BCUT2D eigenvalue weighted by Gasteiger charge is 2.38. The minimum Gasteiger partial charge on any atom is -0.550 e. The lowest BCUT2D eigenvalue weighted by Gasteiger charge is -2.36. The first-order valence-corrected chi connectivity index (χ1v) is 19.1. The summed E-state index contributed by atoms with van der Waals surface area (Å²) in [6.45, 7) is 7.24. The lowest BCUT2D eigenvalue weighted by Crippen LogP contribution is -2.43. The first kappa shape index (κ1) is 40.3. The number of unbranched alkanes of at least 4 members (excludes halogenated alkanes) is 20. The van der Waals surface area contributed by atoms with Crippen molar-refractivity contribution in [2.45, 2.75) is 187 Å². The fourth-order valence-electron chi connectivity index (χ4n) is 6.78. The number of carboxylic acid groups (broad SMARTS) is 1. The first-order valence-electron chi connectivity index (χ1n) is 19.1. The molecule has 0 bridgehead atoms. The standard InChI is InChI=1S/C22H39N2.C18H34O2/c1-3-4-5-6-7-8-9-10-11-12-18-24(2)19-14-16-22(24)21-15-13-17-23-20-21;1-2-3-4-5-6-7-8-9-10-11-12-13-14-15-16-17-18(19)20/h13,15,17,20,22H,3-12,14,16,18-19H2,1-2H3;9-10H,2-8,11-17H2,1H3,(H,19,20)/q+1;/p-1/b;10-9-. The van der Waals surface area contributed by atoms with Crippen molar-refractivity contribution in [3.8, 4) is 0 Å². The van der Waals surface area contributed by atoms with Crippen LogP contribution in [-0.2, 0) is 4.79 Å². The van der Waals surface area contributed by atoms with Crippen molar-refractivity contribution in [1.29, 1.82) is 0 Å². The molecule has 1 aromatic rings. The van der Waals surface area contributed by atoms with Crippen molar-refractivity contribution in [1.82, 2.24) is 4.98 Å². The van der Waals surface area contributed by atoms with E-state index in [9.17, 15) is 9.90 Å². The Balaban J connectivity index is 0.000000449. The molecule has 0 spiro atoms. The van der Waals surface area contributed by atoms with Crippen molar-refractivity contribution in [2.24, 2.45) is 0 Å². The van der Waals surface area contributed by atoms with Gasteiger partial charge in [0.15, 0.2) is 0 Å². The predicted octanol–water partition coefficient (Wildman–Crippen LogP) is 11.1. The topological polar surface area (TPSA) is 53.0 Å². The van der Waals surface area contributed by atoms with E-state index in [2.05, 4.69) is 56.4 Å². The van der Waals surface area contributed by atoms with Gasteiger partial charge in [0.2, 0.25) is 0 Å².